The summed E-state index contributed by atoms with van der Waals surface area (Å²) in [7, 11) is 0. The first kappa shape index (κ1) is 17.4. The molecule has 5 nitrogen and oxygen atoms in total. The molecule has 2 heterocycles. The Morgan fingerprint density at radius 3 is 2.52 bits per heavy atom. The van der Waals surface area contributed by atoms with Gasteiger partial charge in [-0.1, -0.05) is 29.4 Å². The molecule has 0 saturated carbocycles. The van der Waals surface area contributed by atoms with E-state index >= 15 is 0 Å². The van der Waals surface area contributed by atoms with Gasteiger partial charge in [0.25, 0.3) is 0 Å². The molecular formula is C22H21N3O2. The summed E-state index contributed by atoms with van der Waals surface area (Å²) in [6.07, 6.45) is 4.37. The van der Waals surface area contributed by atoms with Gasteiger partial charge in [-0.3, -0.25) is 9.88 Å². The van der Waals surface area contributed by atoms with Crippen LogP contribution >= 0.6 is 0 Å². The summed E-state index contributed by atoms with van der Waals surface area (Å²) in [5.74, 6) is 0. The highest BCUT2D eigenvalue weighted by Crippen LogP contribution is 2.29. The molecule has 0 bridgehead atoms. The minimum atomic E-state index is 0.345. The van der Waals surface area contributed by atoms with Crippen molar-refractivity contribution < 1.29 is 4.42 Å². The largest absolute Gasteiger partial charge is 0.456 e. The van der Waals surface area contributed by atoms with E-state index in [1.165, 1.54) is 11.1 Å². The fourth-order valence-electron chi connectivity index (χ4n) is 3.45. The lowest BCUT2D eigenvalue weighted by Gasteiger charge is -2.22. The lowest BCUT2D eigenvalue weighted by Crippen LogP contribution is -2.24. The summed E-state index contributed by atoms with van der Waals surface area (Å²) < 4.78 is 5.92. The quantitative estimate of drug-likeness (QED) is 0.323. The van der Waals surface area contributed by atoms with Crippen LogP contribution in [0.4, 0.5) is 0 Å². The first-order valence-corrected chi connectivity index (χ1v) is 9.14. The first-order valence-electron chi connectivity index (χ1n) is 9.14. The van der Waals surface area contributed by atoms with Crippen LogP contribution in [-0.4, -0.2) is 23.0 Å². The molecule has 5 heteroatoms. The van der Waals surface area contributed by atoms with E-state index in [0.29, 0.717) is 6.54 Å². The second kappa shape index (κ2) is 8.10. The van der Waals surface area contributed by atoms with Crippen molar-refractivity contribution in [2.24, 2.45) is 5.18 Å². The van der Waals surface area contributed by atoms with Crippen molar-refractivity contribution in [1.82, 2.24) is 9.88 Å². The normalized spacial score (nSPS) is 11.4. The smallest absolute Gasteiger partial charge is 0.135 e. The van der Waals surface area contributed by atoms with Gasteiger partial charge < -0.3 is 4.42 Å². The van der Waals surface area contributed by atoms with Crippen LogP contribution in [0.1, 0.15) is 17.5 Å². The van der Waals surface area contributed by atoms with E-state index in [-0.39, 0.29) is 0 Å². The molecule has 0 unspecified atom stereocenters. The Balaban J connectivity index is 1.59. The molecule has 27 heavy (non-hydrogen) atoms. The van der Waals surface area contributed by atoms with Crippen LogP contribution in [-0.2, 0) is 13.1 Å². The second-order valence-electron chi connectivity index (χ2n) is 6.70. The molecule has 2 aromatic heterocycles. The third-order valence-electron chi connectivity index (χ3n) is 4.73. The number of hydrogen-bond donors (Lipinski definition) is 0. The monoisotopic (exact) mass is 359 g/mol. The number of rotatable bonds is 8. The van der Waals surface area contributed by atoms with Crippen LogP contribution in [0, 0.1) is 4.91 Å². The van der Waals surface area contributed by atoms with Gasteiger partial charge >= 0.3 is 0 Å². The Labute approximate surface area is 157 Å². The third-order valence-corrected chi connectivity index (χ3v) is 4.73. The molecule has 0 N–H and O–H groups in total. The predicted octanol–water partition coefficient (Wildman–Crippen LogP) is 5.14. The number of nitrogens with zero attached hydrogens (tertiary/aromatic N) is 3. The van der Waals surface area contributed by atoms with Crippen LogP contribution in [0.2, 0.25) is 0 Å². The molecule has 0 aliphatic heterocycles. The SMILES string of the molecule is O=NCCCN(Cc1ccncc1)Cc1ccc2oc3ccccc3c2c1. The summed E-state index contributed by atoms with van der Waals surface area (Å²) >= 11 is 0. The van der Waals surface area contributed by atoms with Crippen molar-refractivity contribution in [2.45, 2.75) is 19.5 Å². The Bertz CT molecular complexity index is 1040. The molecule has 0 aliphatic rings. The Kier molecular flexibility index (Phi) is 5.21. The number of pyridine rings is 1. The van der Waals surface area contributed by atoms with Gasteiger partial charge in [0.15, 0.2) is 0 Å². The highest BCUT2D eigenvalue weighted by molar-refractivity contribution is 6.04. The molecule has 0 atom stereocenters. The predicted molar refractivity (Wildman–Crippen MR) is 107 cm³/mol. The van der Waals surface area contributed by atoms with Crippen LogP contribution in [0.3, 0.4) is 0 Å². The van der Waals surface area contributed by atoms with Crippen molar-refractivity contribution in [3.63, 3.8) is 0 Å². The van der Waals surface area contributed by atoms with Gasteiger partial charge in [0, 0.05) is 42.8 Å². The fourth-order valence-corrected chi connectivity index (χ4v) is 3.45. The van der Waals surface area contributed by atoms with Crippen molar-refractivity contribution in [3.05, 3.63) is 83.0 Å². The number of fused-ring (bicyclic) bond motifs is 3. The minimum Gasteiger partial charge on any atom is -0.456 e. The van der Waals surface area contributed by atoms with Crippen molar-refractivity contribution in [1.29, 1.82) is 0 Å². The summed E-state index contributed by atoms with van der Waals surface area (Å²) in [4.78, 5) is 16.9. The van der Waals surface area contributed by atoms with E-state index in [1.807, 2.05) is 48.8 Å². The van der Waals surface area contributed by atoms with Crippen molar-refractivity contribution in [3.8, 4) is 0 Å². The van der Waals surface area contributed by atoms with E-state index in [1.54, 1.807) is 0 Å². The lowest BCUT2D eigenvalue weighted by molar-refractivity contribution is 0.255. The van der Waals surface area contributed by atoms with E-state index < -0.39 is 0 Å². The van der Waals surface area contributed by atoms with E-state index in [2.05, 4.69) is 33.3 Å². The Hall–Kier alpha value is -3.05. The van der Waals surface area contributed by atoms with Gasteiger partial charge in [-0.2, -0.15) is 4.91 Å². The summed E-state index contributed by atoms with van der Waals surface area (Å²) in [6, 6.07) is 18.5. The molecule has 0 spiro atoms. The molecule has 0 aliphatic carbocycles. The zero-order valence-electron chi connectivity index (χ0n) is 15.0. The van der Waals surface area contributed by atoms with Crippen LogP contribution in [0.25, 0.3) is 21.9 Å². The zero-order chi connectivity index (χ0) is 18.5. The standard InChI is InChI=1S/C22H21N3O2/c26-24-10-3-13-25(15-17-8-11-23-12-9-17)16-18-6-7-22-20(14-18)19-4-1-2-5-21(19)27-22/h1-2,4-9,11-12,14H,3,10,13,15-16H2. The maximum Gasteiger partial charge on any atom is 0.135 e. The third kappa shape index (κ3) is 4.04. The number of benzene rings is 2. The molecule has 4 aromatic rings. The molecule has 0 saturated heterocycles. The molecule has 136 valence electrons. The zero-order valence-corrected chi connectivity index (χ0v) is 15.0. The van der Waals surface area contributed by atoms with E-state index in [0.717, 1.165) is 48.0 Å². The molecule has 2 aromatic carbocycles. The van der Waals surface area contributed by atoms with Gasteiger partial charge in [0.05, 0.1) is 6.54 Å². The Morgan fingerprint density at radius 1 is 0.889 bits per heavy atom. The van der Waals surface area contributed by atoms with Crippen molar-refractivity contribution >= 4 is 21.9 Å². The lowest BCUT2D eigenvalue weighted by atomic mass is 10.1. The average Bonchev–Trinajstić information content (AvgIpc) is 3.07. The van der Waals surface area contributed by atoms with Crippen LogP contribution in [0.15, 0.2) is 76.6 Å². The molecule has 0 radical (unpaired) electrons. The minimum absolute atomic E-state index is 0.345. The average molecular weight is 359 g/mol. The topological polar surface area (TPSA) is 58.7 Å². The highest BCUT2D eigenvalue weighted by atomic mass is 16.3. The van der Waals surface area contributed by atoms with Crippen LogP contribution < -0.4 is 0 Å². The van der Waals surface area contributed by atoms with Gasteiger partial charge in [-0.05, 0) is 47.9 Å². The number of nitroso groups, excluding NO2 is 1. The molecule has 4 rings (SSSR count). The second-order valence-corrected chi connectivity index (χ2v) is 6.70. The van der Waals surface area contributed by atoms with E-state index in [4.69, 9.17) is 4.42 Å². The van der Waals surface area contributed by atoms with Crippen molar-refractivity contribution in [2.75, 3.05) is 13.1 Å². The molecular weight excluding hydrogens is 338 g/mol. The molecule has 0 fully saturated rings. The van der Waals surface area contributed by atoms with Crippen LogP contribution in [0.5, 0.6) is 0 Å². The van der Waals surface area contributed by atoms with E-state index in [9.17, 15) is 4.91 Å². The number of para-hydroxylation sites is 1. The maximum atomic E-state index is 10.5. The highest BCUT2D eigenvalue weighted by Gasteiger charge is 2.11. The van der Waals surface area contributed by atoms with Gasteiger partial charge in [-0.25, -0.2) is 0 Å². The van der Waals surface area contributed by atoms with Gasteiger partial charge in [0.1, 0.15) is 11.2 Å². The molecule has 0 amide bonds. The summed E-state index contributed by atoms with van der Waals surface area (Å²) in [5.41, 5.74) is 4.25. The maximum absolute atomic E-state index is 10.5. The number of furan rings is 1. The number of hydrogen-bond acceptors (Lipinski definition) is 5. The fraction of sp³-hybridized carbons (Fsp3) is 0.227. The summed E-state index contributed by atoms with van der Waals surface area (Å²) in [5, 5.41) is 5.27. The summed E-state index contributed by atoms with van der Waals surface area (Å²) in [6.45, 7) is 2.78. The number of aromatic nitrogens is 1. The van der Waals surface area contributed by atoms with Gasteiger partial charge in [-0.15, -0.1) is 0 Å². The van der Waals surface area contributed by atoms with Gasteiger partial charge in [0.2, 0.25) is 0 Å². The Morgan fingerprint density at radius 2 is 1.67 bits per heavy atom. The first-order chi connectivity index (χ1) is 13.3.